The summed E-state index contributed by atoms with van der Waals surface area (Å²) in [7, 11) is 5.45. The van der Waals surface area contributed by atoms with Gasteiger partial charge < -0.3 is 18.6 Å². The Balaban J connectivity index is 1.62. The Morgan fingerprint density at radius 1 is 1.13 bits per heavy atom. The van der Waals surface area contributed by atoms with Crippen molar-refractivity contribution in [3.8, 4) is 27.7 Å². The smallest absolute Gasteiger partial charge is 0.140 e. The average molecular weight is 419 g/mol. The molecule has 0 spiro atoms. The number of hydrogen-bond acceptors (Lipinski definition) is 5. The minimum atomic E-state index is 0.654. The summed E-state index contributed by atoms with van der Waals surface area (Å²) >= 11 is 1.65. The van der Waals surface area contributed by atoms with Crippen LogP contribution in [0, 0.1) is 0 Å². The maximum atomic E-state index is 5.47. The van der Waals surface area contributed by atoms with E-state index in [0.717, 1.165) is 56.2 Å². The van der Waals surface area contributed by atoms with Crippen molar-refractivity contribution in [2.45, 2.75) is 6.54 Å². The Labute approximate surface area is 178 Å². The Kier molecular flexibility index (Phi) is 4.77. The number of hydrogen-bond donors (Lipinski definition) is 0. The highest BCUT2D eigenvalue weighted by atomic mass is 32.1. The van der Waals surface area contributed by atoms with E-state index in [1.54, 1.807) is 25.6 Å². The van der Waals surface area contributed by atoms with Gasteiger partial charge in [-0.25, -0.2) is 9.97 Å². The van der Waals surface area contributed by atoms with Crippen LogP contribution >= 0.6 is 11.3 Å². The van der Waals surface area contributed by atoms with Crippen molar-refractivity contribution in [1.82, 2.24) is 19.1 Å². The standard InChI is InChI=1S/C23H22N4O2S/c1-26-21(11-15-5-4-8-24-22(15)26)19-14-30-23(25-19)18-13-27(9-10-28-2)20-7-6-16(29-3)12-17(18)20/h4-8,11-14H,9-10H2,1-3H3. The summed E-state index contributed by atoms with van der Waals surface area (Å²) in [4.78, 5) is 9.48. The first kappa shape index (κ1) is 18.8. The fourth-order valence-electron chi connectivity index (χ4n) is 3.87. The Bertz CT molecular complexity index is 1350. The monoisotopic (exact) mass is 418 g/mol. The van der Waals surface area contributed by atoms with Gasteiger partial charge in [-0.1, -0.05) is 0 Å². The van der Waals surface area contributed by atoms with E-state index < -0.39 is 0 Å². The van der Waals surface area contributed by atoms with Crippen molar-refractivity contribution in [2.24, 2.45) is 7.05 Å². The second kappa shape index (κ2) is 7.59. The van der Waals surface area contributed by atoms with Crippen LogP contribution in [-0.4, -0.2) is 39.9 Å². The first-order chi connectivity index (χ1) is 14.7. The molecule has 0 unspecified atom stereocenters. The van der Waals surface area contributed by atoms with Crippen LogP contribution < -0.4 is 4.74 Å². The van der Waals surface area contributed by atoms with E-state index in [1.165, 1.54) is 0 Å². The molecule has 6 nitrogen and oxygen atoms in total. The molecule has 7 heteroatoms. The van der Waals surface area contributed by atoms with Gasteiger partial charge in [0.25, 0.3) is 0 Å². The fourth-order valence-corrected chi connectivity index (χ4v) is 4.71. The van der Waals surface area contributed by atoms with E-state index in [1.807, 2.05) is 25.4 Å². The molecule has 0 aliphatic heterocycles. The molecule has 0 atom stereocenters. The molecule has 5 aromatic rings. The maximum Gasteiger partial charge on any atom is 0.140 e. The molecule has 0 aliphatic carbocycles. The number of rotatable bonds is 6. The van der Waals surface area contributed by atoms with Crippen molar-refractivity contribution in [3.05, 3.63) is 54.2 Å². The normalized spacial score (nSPS) is 11.6. The van der Waals surface area contributed by atoms with Crippen LogP contribution in [0.5, 0.6) is 5.75 Å². The van der Waals surface area contributed by atoms with Crippen LogP contribution in [0.1, 0.15) is 0 Å². The zero-order valence-electron chi connectivity index (χ0n) is 17.1. The molecule has 0 fully saturated rings. The third-order valence-electron chi connectivity index (χ3n) is 5.41. The lowest BCUT2D eigenvalue weighted by Gasteiger charge is -2.05. The Morgan fingerprint density at radius 2 is 2.03 bits per heavy atom. The number of thiazole rings is 1. The van der Waals surface area contributed by atoms with Crippen LogP contribution in [0.3, 0.4) is 0 Å². The fraction of sp³-hybridized carbons (Fsp3) is 0.217. The van der Waals surface area contributed by atoms with Gasteiger partial charge in [-0.2, -0.15) is 0 Å². The highest BCUT2D eigenvalue weighted by Gasteiger charge is 2.17. The highest BCUT2D eigenvalue weighted by Crippen LogP contribution is 2.37. The zero-order chi connectivity index (χ0) is 20.7. The SMILES string of the molecule is COCCn1cc(-c2nc(-c3cc4cccnc4n3C)cs2)c2cc(OC)ccc21. The predicted octanol–water partition coefficient (Wildman–Crippen LogP) is 4.97. The zero-order valence-corrected chi connectivity index (χ0v) is 17.9. The van der Waals surface area contributed by atoms with Crippen LogP contribution in [0.4, 0.5) is 0 Å². The topological polar surface area (TPSA) is 54.1 Å². The minimum absolute atomic E-state index is 0.654. The lowest BCUT2D eigenvalue weighted by molar-refractivity contribution is 0.188. The molecule has 152 valence electrons. The van der Waals surface area contributed by atoms with Gasteiger partial charge in [0.05, 0.1) is 25.1 Å². The second-order valence-corrected chi connectivity index (χ2v) is 8.01. The molecule has 0 amide bonds. The lowest BCUT2D eigenvalue weighted by atomic mass is 10.1. The molecule has 0 radical (unpaired) electrons. The third kappa shape index (κ3) is 3.07. The summed E-state index contributed by atoms with van der Waals surface area (Å²) in [6.07, 6.45) is 3.98. The van der Waals surface area contributed by atoms with Gasteiger partial charge in [-0.3, -0.25) is 0 Å². The average Bonchev–Trinajstić information content (AvgIpc) is 3.48. The second-order valence-electron chi connectivity index (χ2n) is 7.15. The number of nitrogens with zero attached hydrogens (tertiary/aromatic N) is 4. The van der Waals surface area contributed by atoms with E-state index in [-0.39, 0.29) is 0 Å². The van der Waals surface area contributed by atoms with Gasteiger partial charge in [-0.05, 0) is 36.4 Å². The molecular formula is C23H22N4O2S. The van der Waals surface area contributed by atoms with Crippen molar-refractivity contribution in [2.75, 3.05) is 20.8 Å². The van der Waals surface area contributed by atoms with Gasteiger partial charge in [0.2, 0.25) is 0 Å². The lowest BCUT2D eigenvalue weighted by Crippen LogP contribution is -2.02. The predicted molar refractivity (Wildman–Crippen MR) is 121 cm³/mol. The summed E-state index contributed by atoms with van der Waals surface area (Å²) in [5, 5.41) is 5.34. The first-order valence-electron chi connectivity index (χ1n) is 9.72. The number of aromatic nitrogens is 4. The Hall–Kier alpha value is -3.16. The molecule has 30 heavy (non-hydrogen) atoms. The van der Waals surface area contributed by atoms with E-state index in [9.17, 15) is 0 Å². The minimum Gasteiger partial charge on any atom is -0.497 e. The van der Waals surface area contributed by atoms with Gasteiger partial charge in [0, 0.05) is 60.3 Å². The van der Waals surface area contributed by atoms with Crippen LogP contribution in [-0.2, 0) is 18.3 Å². The van der Waals surface area contributed by atoms with E-state index in [2.05, 4.69) is 50.0 Å². The number of aryl methyl sites for hydroxylation is 1. The maximum absolute atomic E-state index is 5.47. The molecule has 4 heterocycles. The summed E-state index contributed by atoms with van der Waals surface area (Å²) in [5.41, 5.74) is 5.23. The van der Waals surface area contributed by atoms with Crippen LogP contribution in [0.15, 0.2) is 54.2 Å². The molecule has 5 rings (SSSR count). The molecule has 0 aliphatic rings. The van der Waals surface area contributed by atoms with E-state index in [4.69, 9.17) is 14.5 Å². The third-order valence-corrected chi connectivity index (χ3v) is 6.29. The summed E-state index contributed by atoms with van der Waals surface area (Å²) in [5.74, 6) is 0.838. The molecular weight excluding hydrogens is 396 g/mol. The molecule has 0 saturated carbocycles. The number of fused-ring (bicyclic) bond motifs is 2. The van der Waals surface area contributed by atoms with Gasteiger partial charge in [0.1, 0.15) is 16.4 Å². The van der Waals surface area contributed by atoms with E-state index >= 15 is 0 Å². The van der Waals surface area contributed by atoms with Gasteiger partial charge in [0.15, 0.2) is 0 Å². The summed E-state index contributed by atoms with van der Waals surface area (Å²) < 4.78 is 15.1. The van der Waals surface area contributed by atoms with Crippen molar-refractivity contribution in [3.63, 3.8) is 0 Å². The summed E-state index contributed by atoms with van der Waals surface area (Å²) in [6, 6.07) is 12.3. The number of methoxy groups -OCH3 is 2. The van der Waals surface area contributed by atoms with Crippen molar-refractivity contribution < 1.29 is 9.47 Å². The largest absolute Gasteiger partial charge is 0.497 e. The molecule has 0 saturated heterocycles. The van der Waals surface area contributed by atoms with Crippen molar-refractivity contribution >= 4 is 33.3 Å². The number of pyridine rings is 1. The number of benzene rings is 1. The van der Waals surface area contributed by atoms with Gasteiger partial charge in [-0.15, -0.1) is 11.3 Å². The van der Waals surface area contributed by atoms with Gasteiger partial charge >= 0.3 is 0 Å². The Morgan fingerprint density at radius 3 is 2.83 bits per heavy atom. The quantitative estimate of drug-likeness (QED) is 0.391. The highest BCUT2D eigenvalue weighted by molar-refractivity contribution is 7.13. The molecule has 1 aromatic carbocycles. The molecule has 4 aromatic heterocycles. The van der Waals surface area contributed by atoms with Crippen LogP contribution in [0.25, 0.3) is 43.9 Å². The van der Waals surface area contributed by atoms with E-state index in [0.29, 0.717) is 6.61 Å². The summed E-state index contributed by atoms with van der Waals surface area (Å²) in [6.45, 7) is 1.44. The number of ether oxygens (including phenoxy) is 2. The molecule has 0 bridgehead atoms. The first-order valence-corrected chi connectivity index (χ1v) is 10.6. The van der Waals surface area contributed by atoms with Crippen molar-refractivity contribution in [1.29, 1.82) is 0 Å². The molecule has 0 N–H and O–H groups in total. The van der Waals surface area contributed by atoms with Crippen LogP contribution in [0.2, 0.25) is 0 Å².